The third-order valence-electron chi connectivity index (χ3n) is 3.83. The second kappa shape index (κ2) is 10.1. The topological polar surface area (TPSA) is 87.5 Å². The van der Waals surface area contributed by atoms with Crippen LogP contribution < -0.4 is 34.7 Å². The minimum Gasteiger partial charge on any atom is -0.550 e. The summed E-state index contributed by atoms with van der Waals surface area (Å²) in [6, 6.07) is 7.74. The zero-order valence-electron chi connectivity index (χ0n) is 16.8. The van der Waals surface area contributed by atoms with Gasteiger partial charge in [0, 0.05) is 19.6 Å². The summed E-state index contributed by atoms with van der Waals surface area (Å²) in [5.74, 6) is -0.293. The zero-order valence-corrected chi connectivity index (χ0v) is 18.8. The summed E-state index contributed by atoms with van der Waals surface area (Å²) in [7, 11) is 1.67. The number of amides is 1. The van der Waals surface area contributed by atoms with Crippen molar-refractivity contribution in [3.05, 3.63) is 30.1 Å². The molecular weight excluding hydrogens is 357 g/mol. The van der Waals surface area contributed by atoms with Crippen LogP contribution in [-0.4, -0.2) is 39.2 Å². The number of carboxylic acid groups (broad SMARTS) is 1. The molecule has 0 aliphatic rings. The van der Waals surface area contributed by atoms with Gasteiger partial charge in [-0.05, 0) is 52.2 Å². The number of carboxylic acids is 1. The van der Waals surface area contributed by atoms with Crippen LogP contribution in [0.15, 0.2) is 24.3 Å². The van der Waals surface area contributed by atoms with E-state index >= 15 is 0 Å². The van der Waals surface area contributed by atoms with Gasteiger partial charge in [-0.1, -0.05) is 12.1 Å². The number of carbonyl (C=O) groups is 2. The number of rotatable bonds is 7. The number of unbranched alkanes of at least 4 members (excludes halogenated alkanes) is 1. The van der Waals surface area contributed by atoms with Gasteiger partial charge in [0.25, 0.3) is 0 Å². The average Bonchev–Trinajstić information content (AvgIpc) is 2.87. The van der Waals surface area contributed by atoms with E-state index in [2.05, 4.69) is 4.98 Å². The summed E-state index contributed by atoms with van der Waals surface area (Å²) in [4.78, 5) is 28.9. The predicted molar refractivity (Wildman–Crippen MR) is 96.3 cm³/mol. The molecule has 0 atom stereocenters. The SMILES string of the molecule is CN(Cc1nc2ccccc2n1CCCCC(=O)[O-])C(=O)OC(C)(C)C.[Na+]. The van der Waals surface area contributed by atoms with Gasteiger partial charge in [-0.25, -0.2) is 9.78 Å². The van der Waals surface area contributed by atoms with E-state index in [4.69, 9.17) is 4.74 Å². The molecule has 0 saturated heterocycles. The van der Waals surface area contributed by atoms with Crippen molar-refractivity contribution < 1.29 is 49.0 Å². The van der Waals surface area contributed by atoms with Gasteiger partial charge in [0.05, 0.1) is 17.6 Å². The Morgan fingerprint density at radius 3 is 2.52 bits per heavy atom. The number of hydrogen-bond acceptors (Lipinski definition) is 5. The molecule has 1 amide bonds. The van der Waals surface area contributed by atoms with E-state index < -0.39 is 17.7 Å². The van der Waals surface area contributed by atoms with Crippen LogP contribution in [0.25, 0.3) is 11.0 Å². The minimum absolute atomic E-state index is 0. The Labute approximate surface area is 182 Å². The summed E-state index contributed by atoms with van der Waals surface area (Å²) in [5, 5.41) is 10.6. The van der Waals surface area contributed by atoms with Crippen LogP contribution in [0.2, 0.25) is 0 Å². The number of aromatic nitrogens is 2. The Kier molecular flexibility index (Phi) is 8.78. The number of hydrogen-bond donors (Lipinski definition) is 0. The minimum atomic E-state index is -1.04. The molecular formula is C19H26N3NaO4. The Morgan fingerprint density at radius 1 is 1.22 bits per heavy atom. The second-order valence-corrected chi connectivity index (χ2v) is 7.33. The number of ether oxygens (including phenoxy) is 1. The summed E-state index contributed by atoms with van der Waals surface area (Å²) in [6.07, 6.45) is 0.862. The average molecular weight is 383 g/mol. The number of aliphatic carboxylic acids is 1. The largest absolute Gasteiger partial charge is 1.00 e. The van der Waals surface area contributed by atoms with Gasteiger partial charge in [0.15, 0.2) is 0 Å². The molecule has 142 valence electrons. The van der Waals surface area contributed by atoms with Crippen LogP contribution in [0.3, 0.4) is 0 Å². The molecule has 0 radical (unpaired) electrons. The number of aryl methyl sites for hydroxylation is 1. The van der Waals surface area contributed by atoms with Crippen LogP contribution in [0, 0.1) is 0 Å². The fraction of sp³-hybridized carbons (Fsp3) is 0.526. The van der Waals surface area contributed by atoms with E-state index in [0.717, 1.165) is 16.9 Å². The molecule has 2 aromatic rings. The monoisotopic (exact) mass is 383 g/mol. The normalized spacial score (nSPS) is 11.1. The first-order valence-corrected chi connectivity index (χ1v) is 8.75. The number of nitrogens with zero attached hydrogens (tertiary/aromatic N) is 3. The van der Waals surface area contributed by atoms with Crippen molar-refractivity contribution in [3.63, 3.8) is 0 Å². The molecule has 0 aliphatic heterocycles. The van der Waals surface area contributed by atoms with E-state index in [-0.39, 0.29) is 36.0 Å². The quantitative estimate of drug-likeness (QED) is 0.467. The maximum atomic E-state index is 12.2. The number of benzene rings is 1. The molecule has 27 heavy (non-hydrogen) atoms. The summed E-state index contributed by atoms with van der Waals surface area (Å²) >= 11 is 0. The van der Waals surface area contributed by atoms with Crippen molar-refractivity contribution in [2.75, 3.05) is 7.05 Å². The first kappa shape index (κ1) is 23.5. The predicted octanol–water partition coefficient (Wildman–Crippen LogP) is -0.673. The molecule has 0 unspecified atom stereocenters. The van der Waals surface area contributed by atoms with Crippen molar-refractivity contribution in [3.8, 4) is 0 Å². The molecule has 0 N–H and O–H groups in total. The van der Waals surface area contributed by atoms with Crippen molar-refractivity contribution in [1.29, 1.82) is 0 Å². The van der Waals surface area contributed by atoms with E-state index in [1.807, 2.05) is 49.6 Å². The standard InChI is InChI=1S/C19H27N3O4.Na/c1-19(2,3)26-18(25)21(4)13-16-20-14-9-5-6-10-15(14)22(16)12-8-7-11-17(23)24;/h5-6,9-10H,7-8,11-13H2,1-4H3,(H,23,24);/q;+1/p-1. The van der Waals surface area contributed by atoms with Crippen LogP contribution in [-0.2, 0) is 22.6 Å². The van der Waals surface area contributed by atoms with Crippen molar-refractivity contribution in [1.82, 2.24) is 14.5 Å². The molecule has 0 spiro atoms. The molecule has 0 saturated carbocycles. The Morgan fingerprint density at radius 2 is 1.89 bits per heavy atom. The molecule has 1 aromatic carbocycles. The van der Waals surface area contributed by atoms with Gasteiger partial charge in [-0.2, -0.15) is 0 Å². The van der Waals surface area contributed by atoms with Crippen LogP contribution >= 0.6 is 0 Å². The number of imidazole rings is 1. The van der Waals surface area contributed by atoms with Gasteiger partial charge in [-0.15, -0.1) is 0 Å². The van der Waals surface area contributed by atoms with Gasteiger partial charge in [0.2, 0.25) is 0 Å². The molecule has 7 nitrogen and oxygen atoms in total. The van der Waals surface area contributed by atoms with Gasteiger partial charge in [0.1, 0.15) is 11.4 Å². The maximum absolute atomic E-state index is 12.2. The first-order chi connectivity index (χ1) is 12.2. The molecule has 8 heteroatoms. The molecule has 0 bridgehead atoms. The fourth-order valence-electron chi connectivity index (χ4n) is 2.65. The van der Waals surface area contributed by atoms with Crippen LogP contribution in [0.4, 0.5) is 4.79 Å². The van der Waals surface area contributed by atoms with E-state index in [0.29, 0.717) is 25.9 Å². The van der Waals surface area contributed by atoms with Crippen molar-refractivity contribution in [2.45, 2.75) is 58.7 Å². The zero-order chi connectivity index (χ0) is 19.3. The fourth-order valence-corrected chi connectivity index (χ4v) is 2.65. The number of fused-ring (bicyclic) bond motifs is 1. The number of para-hydroxylation sites is 2. The Bertz CT molecular complexity index is 783. The Balaban J connectivity index is 0.00000364. The van der Waals surface area contributed by atoms with Crippen molar-refractivity contribution in [2.24, 2.45) is 0 Å². The molecule has 1 heterocycles. The second-order valence-electron chi connectivity index (χ2n) is 7.33. The first-order valence-electron chi connectivity index (χ1n) is 8.75. The molecule has 0 aliphatic carbocycles. The van der Waals surface area contributed by atoms with Gasteiger partial charge >= 0.3 is 35.7 Å². The third kappa shape index (κ3) is 7.16. The van der Waals surface area contributed by atoms with E-state index in [1.165, 1.54) is 4.90 Å². The molecule has 2 rings (SSSR count). The van der Waals surface area contributed by atoms with Gasteiger partial charge < -0.3 is 24.1 Å². The third-order valence-corrected chi connectivity index (χ3v) is 3.83. The van der Waals surface area contributed by atoms with Crippen LogP contribution in [0.1, 0.15) is 45.9 Å². The smallest absolute Gasteiger partial charge is 0.550 e. The number of carbonyl (C=O) groups excluding carboxylic acids is 2. The van der Waals surface area contributed by atoms with E-state index in [9.17, 15) is 14.7 Å². The van der Waals surface area contributed by atoms with Crippen LogP contribution in [0.5, 0.6) is 0 Å². The summed E-state index contributed by atoms with van der Waals surface area (Å²) in [5.41, 5.74) is 1.25. The molecule has 0 fully saturated rings. The maximum Gasteiger partial charge on any atom is 1.00 e. The van der Waals surface area contributed by atoms with Gasteiger partial charge in [-0.3, -0.25) is 0 Å². The van der Waals surface area contributed by atoms with E-state index in [1.54, 1.807) is 7.05 Å². The summed E-state index contributed by atoms with van der Waals surface area (Å²) in [6.45, 7) is 6.41. The van der Waals surface area contributed by atoms with Crippen molar-refractivity contribution >= 4 is 23.1 Å². The molecule has 1 aromatic heterocycles. The Hall–Kier alpha value is -1.57. The summed E-state index contributed by atoms with van der Waals surface area (Å²) < 4.78 is 7.42.